The zero-order valence-electron chi connectivity index (χ0n) is 12.9. The molecule has 6 heteroatoms. The maximum atomic E-state index is 13.0. The van der Waals surface area contributed by atoms with Crippen LogP contribution in [-0.4, -0.2) is 18.4 Å². The predicted molar refractivity (Wildman–Crippen MR) is 85.3 cm³/mol. The molecule has 2 aromatic carbocycles. The van der Waals surface area contributed by atoms with Gasteiger partial charge in [0.1, 0.15) is 11.9 Å². The van der Waals surface area contributed by atoms with Crippen LogP contribution < -0.4 is 11.1 Å². The second kappa shape index (κ2) is 6.80. The Bertz CT molecular complexity index is 761. The van der Waals surface area contributed by atoms with E-state index in [0.717, 1.165) is 17.5 Å². The number of ether oxygens (including phenoxy) is 1. The first-order chi connectivity index (χ1) is 11.6. The van der Waals surface area contributed by atoms with Crippen LogP contribution in [0.2, 0.25) is 0 Å². The highest BCUT2D eigenvalue weighted by Gasteiger charge is 2.30. The number of fused-ring (bicyclic) bond motifs is 1. The minimum Gasteiger partial charge on any atom is -0.368 e. The van der Waals surface area contributed by atoms with Crippen molar-refractivity contribution in [2.45, 2.75) is 18.6 Å². The standard InChI is InChI=1S/C18H17FN2O3/c19-13-7-5-12(6-8-13)15(17(20)22)21-18(23)16-14-4-2-1-3-11(14)9-10-24-16/h1-8,15-16H,9-10H2,(H2,20,22)(H,21,23)/t15-,16+/m1/s1. The summed E-state index contributed by atoms with van der Waals surface area (Å²) in [5.41, 5.74) is 7.63. The number of benzene rings is 2. The van der Waals surface area contributed by atoms with Crippen LogP contribution in [0.4, 0.5) is 4.39 Å². The summed E-state index contributed by atoms with van der Waals surface area (Å²) >= 11 is 0. The molecule has 5 nitrogen and oxygen atoms in total. The fraction of sp³-hybridized carbons (Fsp3) is 0.222. The number of hydrogen-bond donors (Lipinski definition) is 2. The number of nitrogens with two attached hydrogens (primary N) is 1. The van der Waals surface area contributed by atoms with Gasteiger partial charge in [-0.1, -0.05) is 36.4 Å². The van der Waals surface area contributed by atoms with Crippen LogP contribution >= 0.6 is 0 Å². The van der Waals surface area contributed by atoms with E-state index in [2.05, 4.69) is 5.32 Å². The molecule has 2 amide bonds. The van der Waals surface area contributed by atoms with Crippen molar-refractivity contribution >= 4 is 11.8 Å². The number of amides is 2. The first-order valence-corrected chi connectivity index (χ1v) is 7.61. The van der Waals surface area contributed by atoms with Crippen molar-refractivity contribution in [3.05, 3.63) is 71.0 Å². The van der Waals surface area contributed by atoms with Gasteiger partial charge in [0.25, 0.3) is 5.91 Å². The van der Waals surface area contributed by atoms with Crippen LogP contribution in [-0.2, 0) is 20.7 Å². The van der Waals surface area contributed by atoms with E-state index in [9.17, 15) is 14.0 Å². The van der Waals surface area contributed by atoms with Crippen molar-refractivity contribution < 1.29 is 18.7 Å². The summed E-state index contributed by atoms with van der Waals surface area (Å²) in [5, 5.41) is 2.60. The summed E-state index contributed by atoms with van der Waals surface area (Å²) in [5.74, 6) is -1.60. The van der Waals surface area contributed by atoms with E-state index in [1.807, 2.05) is 24.3 Å². The highest BCUT2D eigenvalue weighted by atomic mass is 19.1. The van der Waals surface area contributed by atoms with Gasteiger partial charge in [0, 0.05) is 0 Å². The average Bonchev–Trinajstić information content (AvgIpc) is 2.59. The van der Waals surface area contributed by atoms with Gasteiger partial charge in [-0.05, 0) is 35.2 Å². The van der Waals surface area contributed by atoms with Crippen LogP contribution in [0, 0.1) is 5.82 Å². The Balaban J connectivity index is 1.82. The fourth-order valence-electron chi connectivity index (χ4n) is 2.80. The largest absolute Gasteiger partial charge is 0.368 e. The molecule has 0 saturated carbocycles. The lowest BCUT2D eigenvalue weighted by molar-refractivity contribution is -0.137. The Morgan fingerprint density at radius 2 is 1.88 bits per heavy atom. The molecule has 0 radical (unpaired) electrons. The molecule has 0 unspecified atom stereocenters. The molecule has 2 atom stereocenters. The molecule has 3 rings (SSSR count). The molecule has 0 aliphatic carbocycles. The molecular formula is C18H17FN2O3. The van der Waals surface area contributed by atoms with Crippen LogP contribution in [0.25, 0.3) is 0 Å². The Morgan fingerprint density at radius 3 is 2.58 bits per heavy atom. The SMILES string of the molecule is NC(=O)[C@H](NC(=O)[C@H]1OCCc2ccccc21)c1ccc(F)cc1. The van der Waals surface area contributed by atoms with Gasteiger partial charge in [0.15, 0.2) is 6.10 Å². The van der Waals surface area contributed by atoms with Crippen LogP contribution in [0.5, 0.6) is 0 Å². The smallest absolute Gasteiger partial charge is 0.254 e. The van der Waals surface area contributed by atoms with Gasteiger partial charge in [-0.25, -0.2) is 4.39 Å². The van der Waals surface area contributed by atoms with Crippen LogP contribution in [0.1, 0.15) is 28.8 Å². The number of rotatable bonds is 4. The van der Waals surface area contributed by atoms with Crippen molar-refractivity contribution in [1.82, 2.24) is 5.32 Å². The first kappa shape index (κ1) is 16.1. The van der Waals surface area contributed by atoms with E-state index in [1.165, 1.54) is 24.3 Å². The van der Waals surface area contributed by atoms with E-state index in [1.54, 1.807) is 0 Å². The highest BCUT2D eigenvalue weighted by Crippen LogP contribution is 2.28. The second-order valence-electron chi connectivity index (χ2n) is 5.60. The third-order valence-electron chi connectivity index (χ3n) is 4.01. The molecule has 2 aromatic rings. The van der Waals surface area contributed by atoms with Crippen molar-refractivity contribution in [1.29, 1.82) is 0 Å². The van der Waals surface area contributed by atoms with Crippen molar-refractivity contribution in [3.8, 4) is 0 Å². The Kier molecular flexibility index (Phi) is 4.57. The van der Waals surface area contributed by atoms with Gasteiger partial charge in [-0.2, -0.15) is 0 Å². The monoisotopic (exact) mass is 328 g/mol. The lowest BCUT2D eigenvalue weighted by atomic mass is 9.96. The Labute approximate surface area is 138 Å². The van der Waals surface area contributed by atoms with E-state index >= 15 is 0 Å². The number of halogens is 1. The first-order valence-electron chi connectivity index (χ1n) is 7.61. The number of carbonyl (C=O) groups excluding carboxylic acids is 2. The fourth-order valence-corrected chi connectivity index (χ4v) is 2.80. The molecule has 1 heterocycles. The molecule has 1 aliphatic heterocycles. The van der Waals surface area contributed by atoms with Crippen molar-refractivity contribution in [3.63, 3.8) is 0 Å². The molecule has 0 saturated heterocycles. The van der Waals surface area contributed by atoms with E-state index in [-0.39, 0.29) is 0 Å². The molecule has 124 valence electrons. The van der Waals surface area contributed by atoms with Crippen LogP contribution in [0.3, 0.4) is 0 Å². The molecule has 0 aromatic heterocycles. The maximum absolute atomic E-state index is 13.0. The summed E-state index contributed by atoms with van der Waals surface area (Å²) in [6.07, 6.45) is -0.0609. The molecule has 0 fully saturated rings. The van der Waals surface area contributed by atoms with E-state index in [0.29, 0.717) is 12.2 Å². The number of hydrogen-bond acceptors (Lipinski definition) is 3. The van der Waals surface area contributed by atoms with Gasteiger partial charge in [-0.3, -0.25) is 9.59 Å². The minimum atomic E-state index is -1.05. The lowest BCUT2D eigenvalue weighted by Crippen LogP contribution is -2.41. The van der Waals surface area contributed by atoms with Gasteiger partial charge in [0.2, 0.25) is 5.91 Å². The summed E-state index contributed by atoms with van der Waals surface area (Å²) in [4.78, 5) is 24.3. The summed E-state index contributed by atoms with van der Waals surface area (Å²) < 4.78 is 18.6. The molecule has 1 aliphatic rings. The number of primary amides is 1. The van der Waals surface area contributed by atoms with E-state index in [4.69, 9.17) is 10.5 Å². The second-order valence-corrected chi connectivity index (χ2v) is 5.60. The average molecular weight is 328 g/mol. The Hall–Kier alpha value is -2.73. The third-order valence-corrected chi connectivity index (χ3v) is 4.01. The Morgan fingerprint density at radius 1 is 1.17 bits per heavy atom. The van der Waals surface area contributed by atoms with Gasteiger partial charge >= 0.3 is 0 Å². The van der Waals surface area contributed by atoms with Gasteiger partial charge < -0.3 is 15.8 Å². The van der Waals surface area contributed by atoms with Gasteiger partial charge in [-0.15, -0.1) is 0 Å². The number of nitrogens with one attached hydrogen (secondary N) is 1. The summed E-state index contributed by atoms with van der Waals surface area (Å²) in [6, 6.07) is 11.7. The molecule has 0 bridgehead atoms. The van der Waals surface area contributed by atoms with E-state index < -0.39 is 29.8 Å². The topological polar surface area (TPSA) is 81.4 Å². The number of carbonyl (C=O) groups is 2. The zero-order chi connectivity index (χ0) is 17.1. The summed E-state index contributed by atoms with van der Waals surface area (Å²) in [6.45, 7) is 0.423. The third kappa shape index (κ3) is 3.28. The maximum Gasteiger partial charge on any atom is 0.254 e. The molecule has 0 spiro atoms. The van der Waals surface area contributed by atoms with Crippen molar-refractivity contribution in [2.75, 3.05) is 6.61 Å². The zero-order valence-corrected chi connectivity index (χ0v) is 12.9. The van der Waals surface area contributed by atoms with Crippen molar-refractivity contribution in [2.24, 2.45) is 5.73 Å². The molecular weight excluding hydrogens is 311 g/mol. The van der Waals surface area contributed by atoms with Crippen LogP contribution in [0.15, 0.2) is 48.5 Å². The van der Waals surface area contributed by atoms with Gasteiger partial charge in [0.05, 0.1) is 6.61 Å². The normalized spacial score (nSPS) is 17.6. The molecule has 3 N–H and O–H groups in total. The predicted octanol–water partition coefficient (Wildman–Crippen LogP) is 1.78. The highest BCUT2D eigenvalue weighted by molar-refractivity contribution is 5.90. The summed E-state index contributed by atoms with van der Waals surface area (Å²) in [7, 11) is 0. The lowest BCUT2D eigenvalue weighted by Gasteiger charge is -2.26. The minimum absolute atomic E-state index is 0.418. The molecule has 24 heavy (non-hydrogen) atoms. The quantitative estimate of drug-likeness (QED) is 0.898.